The van der Waals surface area contributed by atoms with Crippen LogP contribution in [0, 0.1) is 19.7 Å². The number of esters is 1. The molecule has 1 aliphatic carbocycles. The SMILES string of the molecule is Cc1cc(C(=O)COC(=O)/C(=C/c2ccc(F)cc2)c2cccs2)c(C)n1C1CC1. The number of hydrogen-bond donors (Lipinski definition) is 0. The molecule has 1 aliphatic rings. The second-order valence-corrected chi connectivity index (χ2v) is 8.42. The zero-order valence-corrected chi connectivity index (χ0v) is 17.7. The van der Waals surface area contributed by atoms with E-state index in [-0.39, 0.29) is 18.2 Å². The molecule has 0 unspecified atom stereocenters. The summed E-state index contributed by atoms with van der Waals surface area (Å²) in [4.78, 5) is 26.3. The minimum atomic E-state index is -0.578. The quantitative estimate of drug-likeness (QED) is 0.282. The van der Waals surface area contributed by atoms with E-state index < -0.39 is 5.97 Å². The van der Waals surface area contributed by atoms with Crippen LogP contribution in [0.1, 0.15) is 51.1 Å². The Morgan fingerprint density at radius 2 is 1.93 bits per heavy atom. The van der Waals surface area contributed by atoms with Crippen molar-refractivity contribution in [3.8, 4) is 0 Å². The Morgan fingerprint density at radius 1 is 1.20 bits per heavy atom. The molecule has 0 N–H and O–H groups in total. The van der Waals surface area contributed by atoms with Gasteiger partial charge in [-0.05, 0) is 68.0 Å². The van der Waals surface area contributed by atoms with Gasteiger partial charge in [-0.1, -0.05) is 18.2 Å². The van der Waals surface area contributed by atoms with E-state index in [1.54, 1.807) is 18.2 Å². The lowest BCUT2D eigenvalue weighted by Crippen LogP contribution is -2.15. The van der Waals surface area contributed by atoms with Crippen molar-refractivity contribution in [2.24, 2.45) is 0 Å². The van der Waals surface area contributed by atoms with Gasteiger partial charge in [0.2, 0.25) is 5.78 Å². The number of ketones is 1. The van der Waals surface area contributed by atoms with Gasteiger partial charge in [-0.3, -0.25) is 4.79 Å². The van der Waals surface area contributed by atoms with Crippen molar-refractivity contribution in [1.29, 1.82) is 0 Å². The molecule has 0 radical (unpaired) electrons. The first-order valence-corrected chi connectivity index (χ1v) is 10.7. The molecule has 1 saturated carbocycles. The average molecular weight is 424 g/mol. The Kier molecular flexibility index (Phi) is 5.68. The van der Waals surface area contributed by atoms with Crippen molar-refractivity contribution >= 4 is 34.7 Å². The highest BCUT2D eigenvalue weighted by Crippen LogP contribution is 2.38. The third kappa shape index (κ3) is 4.28. The molecule has 0 amide bonds. The molecule has 0 atom stereocenters. The molecule has 4 rings (SSSR count). The molecule has 30 heavy (non-hydrogen) atoms. The summed E-state index contributed by atoms with van der Waals surface area (Å²) in [7, 11) is 0. The van der Waals surface area contributed by atoms with E-state index in [4.69, 9.17) is 4.74 Å². The summed E-state index contributed by atoms with van der Waals surface area (Å²) in [5.74, 6) is -1.14. The number of nitrogens with zero attached hydrogens (tertiary/aromatic N) is 1. The third-order valence-corrected chi connectivity index (χ3v) is 6.12. The molecule has 0 spiro atoms. The highest BCUT2D eigenvalue weighted by molar-refractivity contribution is 7.11. The van der Waals surface area contributed by atoms with Crippen LogP contribution in [0.5, 0.6) is 0 Å². The molecule has 2 aromatic heterocycles. The van der Waals surface area contributed by atoms with Crippen LogP contribution in [-0.2, 0) is 9.53 Å². The Bertz CT molecular complexity index is 1110. The number of carbonyl (C=O) groups excluding carboxylic acids is 2. The highest BCUT2D eigenvalue weighted by atomic mass is 32.1. The van der Waals surface area contributed by atoms with E-state index in [1.807, 2.05) is 37.4 Å². The zero-order valence-electron chi connectivity index (χ0n) is 16.9. The lowest BCUT2D eigenvalue weighted by molar-refractivity contribution is -0.135. The fourth-order valence-corrected chi connectivity index (χ4v) is 4.36. The van der Waals surface area contributed by atoms with Gasteiger partial charge in [0.05, 0.1) is 5.57 Å². The van der Waals surface area contributed by atoms with Gasteiger partial charge in [-0.2, -0.15) is 0 Å². The molecule has 3 aromatic rings. The minimum absolute atomic E-state index is 0.212. The number of halogens is 1. The number of hydrogen-bond acceptors (Lipinski definition) is 4. The Balaban J connectivity index is 1.51. The van der Waals surface area contributed by atoms with E-state index in [9.17, 15) is 14.0 Å². The fourth-order valence-electron chi connectivity index (χ4n) is 3.63. The number of thiophene rings is 1. The molecule has 0 bridgehead atoms. The van der Waals surface area contributed by atoms with E-state index in [1.165, 1.54) is 23.5 Å². The first-order chi connectivity index (χ1) is 14.4. The summed E-state index contributed by atoms with van der Waals surface area (Å²) in [6.45, 7) is 3.61. The first-order valence-electron chi connectivity index (χ1n) is 9.84. The monoisotopic (exact) mass is 423 g/mol. The van der Waals surface area contributed by atoms with E-state index in [2.05, 4.69) is 4.57 Å². The predicted octanol–water partition coefficient (Wildman–Crippen LogP) is 5.61. The van der Waals surface area contributed by atoms with Crippen LogP contribution in [0.2, 0.25) is 0 Å². The van der Waals surface area contributed by atoms with Gasteiger partial charge in [-0.25, -0.2) is 9.18 Å². The molecule has 0 saturated heterocycles. The molecule has 4 nitrogen and oxygen atoms in total. The molecule has 6 heteroatoms. The second-order valence-electron chi connectivity index (χ2n) is 7.47. The summed E-state index contributed by atoms with van der Waals surface area (Å²) in [5.41, 5.74) is 3.60. The standard InChI is InChI=1S/C24H22FNO3S/c1-15-12-20(16(2)26(15)19-9-10-19)22(27)14-29-24(28)21(23-4-3-11-30-23)13-17-5-7-18(25)8-6-17/h3-8,11-13,19H,9-10,14H2,1-2H3/b21-13+. The first kappa shape index (κ1) is 20.3. The van der Waals surface area contributed by atoms with Gasteiger partial charge in [0.25, 0.3) is 0 Å². The Hall–Kier alpha value is -2.99. The minimum Gasteiger partial charge on any atom is -0.454 e. The number of aryl methyl sites for hydroxylation is 1. The van der Waals surface area contributed by atoms with Crippen LogP contribution in [0.3, 0.4) is 0 Å². The maximum Gasteiger partial charge on any atom is 0.340 e. The van der Waals surface area contributed by atoms with Gasteiger partial charge >= 0.3 is 5.97 Å². The van der Waals surface area contributed by atoms with Crippen molar-refractivity contribution in [2.75, 3.05) is 6.61 Å². The Labute approximate surface area is 178 Å². The number of rotatable bonds is 7. The molecule has 154 valence electrons. The second kappa shape index (κ2) is 8.40. The highest BCUT2D eigenvalue weighted by Gasteiger charge is 2.28. The molecular formula is C24H22FNO3S. The zero-order chi connectivity index (χ0) is 21.3. The summed E-state index contributed by atoms with van der Waals surface area (Å²) >= 11 is 1.40. The van der Waals surface area contributed by atoms with E-state index >= 15 is 0 Å². The average Bonchev–Trinajstić information content (AvgIpc) is 3.31. The number of ether oxygens (including phenoxy) is 1. The van der Waals surface area contributed by atoms with Crippen LogP contribution in [0.4, 0.5) is 4.39 Å². The van der Waals surface area contributed by atoms with Crippen molar-refractivity contribution in [1.82, 2.24) is 4.57 Å². The maximum atomic E-state index is 13.2. The van der Waals surface area contributed by atoms with Gasteiger partial charge in [0, 0.05) is 27.9 Å². The smallest absolute Gasteiger partial charge is 0.340 e. The number of benzene rings is 1. The summed E-state index contributed by atoms with van der Waals surface area (Å²) in [6.07, 6.45) is 3.92. The third-order valence-electron chi connectivity index (χ3n) is 5.22. The number of Topliss-reactive ketones (excluding diaryl/α,β-unsaturated/α-hetero) is 1. The molecule has 0 aliphatic heterocycles. The maximum absolute atomic E-state index is 13.2. The summed E-state index contributed by atoms with van der Waals surface area (Å²) in [5, 5.41) is 1.86. The topological polar surface area (TPSA) is 48.3 Å². The van der Waals surface area contributed by atoms with Crippen molar-refractivity contribution in [3.05, 3.63) is 81.1 Å². The van der Waals surface area contributed by atoms with Gasteiger partial charge in [-0.15, -0.1) is 11.3 Å². The van der Waals surface area contributed by atoms with E-state index in [0.717, 1.165) is 29.1 Å². The van der Waals surface area contributed by atoms with Crippen molar-refractivity contribution < 1.29 is 18.7 Å². The van der Waals surface area contributed by atoms with Gasteiger partial charge in [0.1, 0.15) is 5.82 Å². The molecule has 1 aromatic carbocycles. The van der Waals surface area contributed by atoms with Crippen LogP contribution < -0.4 is 0 Å². The number of aromatic nitrogens is 1. The Morgan fingerprint density at radius 3 is 2.57 bits per heavy atom. The largest absolute Gasteiger partial charge is 0.454 e. The lowest BCUT2D eigenvalue weighted by Gasteiger charge is -2.09. The van der Waals surface area contributed by atoms with E-state index in [0.29, 0.717) is 22.7 Å². The van der Waals surface area contributed by atoms with Gasteiger partial charge < -0.3 is 9.30 Å². The summed E-state index contributed by atoms with van der Waals surface area (Å²) < 4.78 is 20.8. The van der Waals surface area contributed by atoms with Crippen LogP contribution in [0.25, 0.3) is 11.6 Å². The molecule has 2 heterocycles. The molecule has 1 fully saturated rings. The van der Waals surface area contributed by atoms with Gasteiger partial charge in [0.15, 0.2) is 6.61 Å². The molecular weight excluding hydrogens is 401 g/mol. The predicted molar refractivity (Wildman–Crippen MR) is 116 cm³/mol. The normalized spacial score (nSPS) is 14.0. The van der Waals surface area contributed by atoms with Crippen molar-refractivity contribution in [3.63, 3.8) is 0 Å². The number of carbonyl (C=O) groups is 2. The van der Waals surface area contributed by atoms with Crippen molar-refractivity contribution in [2.45, 2.75) is 32.7 Å². The van der Waals surface area contributed by atoms with Crippen LogP contribution in [-0.4, -0.2) is 22.9 Å². The van der Waals surface area contributed by atoms with Crippen LogP contribution in [0.15, 0.2) is 47.8 Å². The lowest BCUT2D eigenvalue weighted by atomic mass is 10.1. The van der Waals surface area contributed by atoms with Crippen LogP contribution >= 0.6 is 11.3 Å². The summed E-state index contributed by atoms with van der Waals surface area (Å²) in [6, 6.07) is 11.9. The fraction of sp³-hybridized carbons (Fsp3) is 0.250.